The summed E-state index contributed by atoms with van der Waals surface area (Å²) >= 11 is 0. The smallest absolute Gasteiger partial charge is 0.346 e. The first kappa shape index (κ1) is 16.8. The zero-order chi connectivity index (χ0) is 18.1. The third-order valence-corrected chi connectivity index (χ3v) is 6.67. The fraction of sp³-hybridized carbons (Fsp3) is 0.684. The Labute approximate surface area is 146 Å². The van der Waals surface area contributed by atoms with Crippen LogP contribution < -0.4 is 0 Å². The van der Waals surface area contributed by atoms with Crippen LogP contribution in [0.1, 0.15) is 40.0 Å². The lowest BCUT2D eigenvalue weighted by Gasteiger charge is -2.59. The summed E-state index contributed by atoms with van der Waals surface area (Å²) in [5.41, 5.74) is -2.06. The van der Waals surface area contributed by atoms with Crippen LogP contribution in [-0.4, -0.2) is 45.4 Å². The van der Waals surface area contributed by atoms with Gasteiger partial charge in [-0.25, -0.2) is 4.79 Å². The minimum atomic E-state index is -1.15. The number of aliphatic hydroxyl groups is 2. The van der Waals surface area contributed by atoms with Gasteiger partial charge in [-0.3, -0.25) is 4.79 Å². The van der Waals surface area contributed by atoms with Crippen molar-refractivity contribution in [2.45, 2.75) is 63.4 Å². The van der Waals surface area contributed by atoms with E-state index in [9.17, 15) is 19.8 Å². The Morgan fingerprint density at radius 1 is 1.16 bits per heavy atom. The topological polar surface area (TPSA) is 93.1 Å². The van der Waals surface area contributed by atoms with Crippen molar-refractivity contribution in [1.82, 2.24) is 0 Å². The molecular formula is C19H24O6. The lowest BCUT2D eigenvalue weighted by molar-refractivity contribution is -0.262. The second-order valence-corrected chi connectivity index (χ2v) is 8.16. The van der Waals surface area contributed by atoms with Crippen molar-refractivity contribution >= 4 is 11.8 Å². The van der Waals surface area contributed by atoms with Crippen LogP contribution in [0.4, 0.5) is 0 Å². The number of rotatable bonds is 0. The molecule has 5 bridgehead atoms. The monoisotopic (exact) mass is 348 g/mol. The second-order valence-electron chi connectivity index (χ2n) is 8.16. The van der Waals surface area contributed by atoms with Crippen molar-refractivity contribution in [3.63, 3.8) is 0 Å². The standard InChI is InChI=1S/C19H24O6/c1-9-4-6-13(21)14-16-19(25-17(14)23)8-10(2)18(3,24-16)15(22)11(19)5-7-12(9)20/h5,7,9-12,15,20,22H,4,6,8H2,1-3H3/t9-,10-,11-,12-,15-,18+,19-/m1/s1. The molecule has 3 heterocycles. The first-order valence-corrected chi connectivity index (χ1v) is 8.95. The minimum Gasteiger partial charge on any atom is -0.484 e. The van der Waals surface area contributed by atoms with Gasteiger partial charge >= 0.3 is 5.97 Å². The number of ether oxygens (including phenoxy) is 2. The van der Waals surface area contributed by atoms with Crippen molar-refractivity contribution in [2.24, 2.45) is 17.8 Å². The molecule has 6 heteroatoms. The number of carbonyl (C=O) groups excluding carboxylic acids is 2. The van der Waals surface area contributed by atoms with Crippen LogP contribution in [0.15, 0.2) is 23.5 Å². The summed E-state index contributed by atoms with van der Waals surface area (Å²) < 4.78 is 11.8. The molecule has 25 heavy (non-hydrogen) atoms. The third-order valence-electron chi connectivity index (χ3n) is 6.67. The lowest BCUT2D eigenvalue weighted by Crippen LogP contribution is -2.69. The molecule has 3 aliphatic heterocycles. The fourth-order valence-corrected chi connectivity index (χ4v) is 4.71. The van der Waals surface area contributed by atoms with Crippen LogP contribution in [0.3, 0.4) is 0 Å². The average molecular weight is 348 g/mol. The van der Waals surface area contributed by atoms with Crippen molar-refractivity contribution in [2.75, 3.05) is 0 Å². The zero-order valence-electron chi connectivity index (χ0n) is 14.7. The van der Waals surface area contributed by atoms with Crippen molar-refractivity contribution in [3.8, 4) is 0 Å². The molecule has 3 fully saturated rings. The van der Waals surface area contributed by atoms with Gasteiger partial charge in [0.2, 0.25) is 0 Å². The van der Waals surface area contributed by atoms with Crippen molar-refractivity contribution in [1.29, 1.82) is 0 Å². The normalized spacial score (nSPS) is 48.9. The molecule has 0 aromatic rings. The predicted octanol–water partition coefficient (Wildman–Crippen LogP) is 1.26. The molecule has 6 nitrogen and oxygen atoms in total. The number of esters is 1. The second kappa shape index (κ2) is 5.17. The number of hydrogen-bond donors (Lipinski definition) is 2. The van der Waals surface area contributed by atoms with Crippen LogP contribution in [0.25, 0.3) is 0 Å². The summed E-state index contributed by atoms with van der Waals surface area (Å²) in [4.78, 5) is 25.2. The number of fused-ring (bicyclic) bond motifs is 1. The number of aliphatic hydroxyl groups excluding tert-OH is 2. The summed E-state index contributed by atoms with van der Waals surface area (Å²) in [6, 6.07) is 0. The molecule has 0 amide bonds. The van der Waals surface area contributed by atoms with E-state index in [1.807, 2.05) is 20.8 Å². The molecule has 2 aliphatic carbocycles. The molecule has 5 rings (SSSR count). The largest absolute Gasteiger partial charge is 0.484 e. The highest BCUT2D eigenvalue weighted by molar-refractivity contribution is 6.19. The highest BCUT2D eigenvalue weighted by atomic mass is 16.6. The molecular weight excluding hydrogens is 324 g/mol. The van der Waals surface area contributed by atoms with E-state index < -0.39 is 35.3 Å². The van der Waals surface area contributed by atoms with E-state index in [-0.39, 0.29) is 35.4 Å². The van der Waals surface area contributed by atoms with E-state index >= 15 is 0 Å². The summed E-state index contributed by atoms with van der Waals surface area (Å²) in [6.07, 6.45) is 2.87. The number of ketones is 1. The van der Waals surface area contributed by atoms with Gasteiger partial charge in [-0.15, -0.1) is 0 Å². The quantitative estimate of drug-likeness (QED) is 0.389. The van der Waals surface area contributed by atoms with Crippen LogP contribution >= 0.6 is 0 Å². The van der Waals surface area contributed by atoms with E-state index in [2.05, 4.69) is 0 Å². The van der Waals surface area contributed by atoms with E-state index in [1.165, 1.54) is 0 Å². The van der Waals surface area contributed by atoms with Gasteiger partial charge in [0, 0.05) is 18.8 Å². The number of carbonyl (C=O) groups is 2. The molecule has 7 atom stereocenters. The van der Waals surface area contributed by atoms with E-state index in [4.69, 9.17) is 9.47 Å². The van der Waals surface area contributed by atoms with Crippen LogP contribution in [-0.2, 0) is 19.1 Å². The lowest BCUT2D eigenvalue weighted by atomic mass is 9.59. The van der Waals surface area contributed by atoms with E-state index in [0.29, 0.717) is 12.8 Å². The van der Waals surface area contributed by atoms with Gasteiger partial charge in [-0.1, -0.05) is 26.0 Å². The molecule has 136 valence electrons. The molecule has 0 aromatic carbocycles. The van der Waals surface area contributed by atoms with E-state index in [0.717, 1.165) is 0 Å². The molecule has 0 unspecified atom stereocenters. The Morgan fingerprint density at radius 3 is 2.60 bits per heavy atom. The third kappa shape index (κ3) is 2.04. The van der Waals surface area contributed by atoms with Crippen molar-refractivity contribution in [3.05, 3.63) is 23.5 Å². The Bertz CT molecular complexity index is 709. The molecule has 0 aromatic heterocycles. The molecule has 1 spiro atoms. The summed E-state index contributed by atoms with van der Waals surface area (Å²) in [5, 5.41) is 21.3. The van der Waals surface area contributed by atoms with Crippen LogP contribution in [0.5, 0.6) is 0 Å². The maximum Gasteiger partial charge on any atom is 0.346 e. The maximum absolute atomic E-state index is 12.7. The summed E-state index contributed by atoms with van der Waals surface area (Å²) in [6.45, 7) is 5.62. The first-order chi connectivity index (χ1) is 11.7. The van der Waals surface area contributed by atoms with Gasteiger partial charge < -0.3 is 19.7 Å². The van der Waals surface area contributed by atoms with E-state index in [1.54, 1.807) is 12.2 Å². The molecule has 2 saturated heterocycles. The van der Waals surface area contributed by atoms with Gasteiger partial charge in [0.15, 0.2) is 17.1 Å². The summed E-state index contributed by atoms with van der Waals surface area (Å²) in [5.74, 6) is -1.40. The Balaban J connectivity index is 1.93. The van der Waals surface area contributed by atoms with Gasteiger partial charge in [0.05, 0.1) is 12.0 Å². The maximum atomic E-state index is 12.7. The van der Waals surface area contributed by atoms with Crippen LogP contribution in [0.2, 0.25) is 0 Å². The highest BCUT2D eigenvalue weighted by Gasteiger charge is 2.70. The molecule has 5 aliphatic rings. The number of Topliss-reactive ketones (excluding diaryl/α,β-unsaturated/α-hetero) is 1. The van der Waals surface area contributed by atoms with Gasteiger partial charge in [-0.05, 0) is 19.3 Å². The van der Waals surface area contributed by atoms with Gasteiger partial charge in [0.25, 0.3) is 0 Å². The minimum absolute atomic E-state index is 0.00739. The van der Waals surface area contributed by atoms with Gasteiger partial charge in [0.1, 0.15) is 17.3 Å². The fourth-order valence-electron chi connectivity index (χ4n) is 4.71. The SMILES string of the molecule is C[C@@H]1CCC(=O)C2=C3O[C@@]4(C)[C@H](C)C[C@@]3(OC2=O)[C@H](C=C[C@H]1O)[C@H]4O. The molecule has 0 radical (unpaired) electrons. The van der Waals surface area contributed by atoms with Gasteiger partial charge in [-0.2, -0.15) is 0 Å². The highest BCUT2D eigenvalue weighted by Crippen LogP contribution is 2.60. The first-order valence-electron chi connectivity index (χ1n) is 8.95. The zero-order valence-corrected chi connectivity index (χ0v) is 14.7. The summed E-state index contributed by atoms with van der Waals surface area (Å²) in [7, 11) is 0. The van der Waals surface area contributed by atoms with Crippen LogP contribution in [0, 0.1) is 17.8 Å². The Morgan fingerprint density at radius 2 is 1.88 bits per heavy atom. The molecule has 1 saturated carbocycles. The predicted molar refractivity (Wildman–Crippen MR) is 87.2 cm³/mol. The Hall–Kier alpha value is -1.66. The Kier molecular flexibility index (Phi) is 3.48. The number of hydrogen-bond acceptors (Lipinski definition) is 6. The molecule has 2 N–H and O–H groups in total. The average Bonchev–Trinajstić information content (AvgIpc) is 2.82. The van der Waals surface area contributed by atoms with Crippen molar-refractivity contribution < 1.29 is 29.3 Å².